The minimum atomic E-state index is 0.200. The summed E-state index contributed by atoms with van der Waals surface area (Å²) in [6.45, 7) is 4.68. The number of nitrogens with zero attached hydrogens (tertiary/aromatic N) is 2. The van der Waals surface area contributed by atoms with Gasteiger partial charge in [0, 0.05) is 20.2 Å². The van der Waals surface area contributed by atoms with Crippen molar-refractivity contribution in [3.63, 3.8) is 0 Å². The zero-order chi connectivity index (χ0) is 20.7. The summed E-state index contributed by atoms with van der Waals surface area (Å²) in [5, 5.41) is 4.33. The van der Waals surface area contributed by atoms with E-state index in [-0.39, 0.29) is 6.04 Å². The lowest BCUT2D eigenvalue weighted by molar-refractivity contribution is 0.108. The molecule has 0 bridgehead atoms. The molecule has 160 valence electrons. The molecule has 3 nitrogen and oxygen atoms in total. The lowest BCUT2D eigenvalue weighted by atomic mass is 9.78. The van der Waals surface area contributed by atoms with Gasteiger partial charge >= 0.3 is 0 Å². The highest BCUT2D eigenvalue weighted by molar-refractivity contribution is 9.10. The second-order valence-corrected chi connectivity index (χ2v) is 11.2. The van der Waals surface area contributed by atoms with Crippen LogP contribution in [-0.2, 0) is 12.8 Å². The summed E-state index contributed by atoms with van der Waals surface area (Å²) in [6.07, 6.45) is 9.26. The molecule has 5 rings (SSSR count). The van der Waals surface area contributed by atoms with E-state index in [0.717, 1.165) is 51.7 Å². The highest BCUT2D eigenvalue weighted by Gasteiger charge is 2.36. The van der Waals surface area contributed by atoms with E-state index in [0.29, 0.717) is 0 Å². The van der Waals surface area contributed by atoms with Gasteiger partial charge in [0.05, 0.1) is 11.7 Å². The van der Waals surface area contributed by atoms with Crippen molar-refractivity contribution in [1.29, 1.82) is 0 Å². The molecule has 3 heterocycles. The smallest absolute Gasteiger partial charge is 0.0792 e. The highest BCUT2D eigenvalue weighted by atomic mass is 79.9. The lowest BCUT2D eigenvalue weighted by Gasteiger charge is -2.41. The number of nitrogens with one attached hydrogen (secondary N) is 1. The third-order valence-corrected chi connectivity index (χ3v) is 8.64. The first kappa shape index (κ1) is 21.4. The van der Waals surface area contributed by atoms with Gasteiger partial charge in [0.2, 0.25) is 0 Å². The Morgan fingerprint density at radius 1 is 0.933 bits per heavy atom. The molecule has 0 amide bonds. The molecule has 2 aliphatic heterocycles. The number of benzene rings is 1. The SMILES string of the molecule is Clc1cc(Br)c2c(c1)CCc1cc(Br)cnc1C2N1CCC(C2CCNCC2)CC1. The molecular weight excluding hydrogens is 526 g/mol. The summed E-state index contributed by atoms with van der Waals surface area (Å²) in [5.74, 6) is 1.78. The molecule has 2 saturated heterocycles. The molecule has 1 aromatic heterocycles. The van der Waals surface area contributed by atoms with Gasteiger partial charge in [0.15, 0.2) is 0 Å². The Kier molecular flexibility index (Phi) is 6.55. The fraction of sp³-hybridized carbons (Fsp3) is 0.542. The topological polar surface area (TPSA) is 28.2 Å². The van der Waals surface area contributed by atoms with Crippen molar-refractivity contribution in [3.8, 4) is 0 Å². The van der Waals surface area contributed by atoms with Gasteiger partial charge in [-0.2, -0.15) is 0 Å². The molecule has 3 aliphatic rings. The molecular formula is C24H28Br2ClN3. The van der Waals surface area contributed by atoms with Crippen LogP contribution in [0.15, 0.2) is 33.3 Å². The Hall–Kier alpha value is -0.460. The minimum Gasteiger partial charge on any atom is -0.317 e. The zero-order valence-electron chi connectivity index (χ0n) is 17.1. The normalized spacial score (nSPS) is 23.6. The third-order valence-electron chi connectivity index (χ3n) is 7.33. The van der Waals surface area contributed by atoms with Crippen molar-refractivity contribution in [2.75, 3.05) is 26.2 Å². The van der Waals surface area contributed by atoms with Gasteiger partial charge in [-0.3, -0.25) is 9.88 Å². The van der Waals surface area contributed by atoms with E-state index >= 15 is 0 Å². The Bertz CT molecular complexity index is 921. The van der Waals surface area contributed by atoms with Gasteiger partial charge < -0.3 is 5.32 Å². The van der Waals surface area contributed by atoms with E-state index in [1.807, 2.05) is 6.20 Å². The summed E-state index contributed by atoms with van der Waals surface area (Å²) in [5.41, 5.74) is 5.30. The average Bonchev–Trinajstić information content (AvgIpc) is 2.91. The predicted molar refractivity (Wildman–Crippen MR) is 130 cm³/mol. The summed E-state index contributed by atoms with van der Waals surface area (Å²) >= 11 is 13.9. The fourth-order valence-corrected chi connectivity index (χ4v) is 7.29. The van der Waals surface area contributed by atoms with Crippen molar-refractivity contribution in [2.45, 2.75) is 44.6 Å². The lowest BCUT2D eigenvalue weighted by Crippen LogP contribution is -2.41. The van der Waals surface area contributed by atoms with E-state index in [1.165, 1.54) is 61.2 Å². The summed E-state index contributed by atoms with van der Waals surface area (Å²) < 4.78 is 2.18. The molecule has 1 atom stereocenters. The predicted octanol–water partition coefficient (Wildman–Crippen LogP) is 6.16. The molecule has 0 radical (unpaired) electrons. The molecule has 0 saturated carbocycles. The van der Waals surface area contributed by atoms with E-state index in [4.69, 9.17) is 16.6 Å². The molecule has 1 N–H and O–H groups in total. The summed E-state index contributed by atoms with van der Waals surface area (Å²) in [6, 6.07) is 6.68. The number of pyridine rings is 1. The van der Waals surface area contributed by atoms with E-state index in [9.17, 15) is 0 Å². The van der Waals surface area contributed by atoms with Crippen LogP contribution in [0.2, 0.25) is 5.02 Å². The van der Waals surface area contributed by atoms with E-state index < -0.39 is 0 Å². The number of rotatable bonds is 2. The number of piperidine rings is 2. The van der Waals surface area contributed by atoms with E-state index in [2.05, 4.69) is 60.3 Å². The van der Waals surface area contributed by atoms with Crippen LogP contribution in [0, 0.1) is 11.8 Å². The van der Waals surface area contributed by atoms with Gasteiger partial charge in [-0.15, -0.1) is 0 Å². The molecule has 6 heteroatoms. The maximum absolute atomic E-state index is 6.44. The van der Waals surface area contributed by atoms with Gasteiger partial charge in [-0.1, -0.05) is 27.5 Å². The maximum atomic E-state index is 6.44. The van der Waals surface area contributed by atoms with Gasteiger partial charge in [0.25, 0.3) is 0 Å². The zero-order valence-corrected chi connectivity index (χ0v) is 21.1. The van der Waals surface area contributed by atoms with Crippen LogP contribution in [0.5, 0.6) is 0 Å². The maximum Gasteiger partial charge on any atom is 0.0792 e. The third kappa shape index (κ3) is 4.25. The van der Waals surface area contributed by atoms with Crippen LogP contribution in [0.4, 0.5) is 0 Å². The number of fused-ring (bicyclic) bond motifs is 2. The van der Waals surface area contributed by atoms with Crippen molar-refractivity contribution in [2.24, 2.45) is 11.8 Å². The van der Waals surface area contributed by atoms with Crippen molar-refractivity contribution in [3.05, 3.63) is 60.7 Å². The molecule has 1 unspecified atom stereocenters. The van der Waals surface area contributed by atoms with Crippen LogP contribution < -0.4 is 5.32 Å². The largest absolute Gasteiger partial charge is 0.317 e. The van der Waals surface area contributed by atoms with Gasteiger partial charge in [0.1, 0.15) is 0 Å². The summed E-state index contributed by atoms with van der Waals surface area (Å²) in [4.78, 5) is 7.64. The van der Waals surface area contributed by atoms with Crippen molar-refractivity contribution < 1.29 is 0 Å². The first-order valence-electron chi connectivity index (χ1n) is 11.2. The monoisotopic (exact) mass is 551 g/mol. The fourth-order valence-electron chi connectivity index (χ4n) is 5.82. The second kappa shape index (κ2) is 9.19. The Morgan fingerprint density at radius 2 is 1.63 bits per heavy atom. The molecule has 1 aliphatic carbocycles. The van der Waals surface area contributed by atoms with Crippen molar-refractivity contribution >= 4 is 43.5 Å². The number of hydrogen-bond acceptors (Lipinski definition) is 3. The van der Waals surface area contributed by atoms with Crippen LogP contribution in [0.25, 0.3) is 0 Å². The van der Waals surface area contributed by atoms with Crippen LogP contribution in [0.3, 0.4) is 0 Å². The number of aryl methyl sites for hydroxylation is 2. The number of hydrogen-bond donors (Lipinski definition) is 1. The first-order chi connectivity index (χ1) is 14.6. The average molecular weight is 554 g/mol. The number of likely N-dealkylation sites (tertiary alicyclic amines) is 1. The molecule has 0 spiro atoms. The Morgan fingerprint density at radius 3 is 2.40 bits per heavy atom. The standard InChI is InChI=1S/C24H28Br2ClN3/c25-19-11-18-2-1-17-12-20(27)13-21(26)22(17)24(23(18)29-14-19)30-9-5-16(6-10-30)15-3-7-28-8-4-15/h11-16,24,28H,1-10H2. The molecule has 2 fully saturated rings. The van der Waals surface area contributed by atoms with Crippen molar-refractivity contribution in [1.82, 2.24) is 15.2 Å². The Labute approximate surface area is 201 Å². The number of aromatic nitrogens is 1. The highest BCUT2D eigenvalue weighted by Crippen LogP contribution is 2.43. The molecule has 2 aromatic rings. The van der Waals surface area contributed by atoms with Crippen LogP contribution >= 0.6 is 43.5 Å². The Balaban J connectivity index is 1.48. The second-order valence-electron chi connectivity index (χ2n) is 9.02. The van der Waals surface area contributed by atoms with Gasteiger partial charge in [-0.25, -0.2) is 0 Å². The first-order valence-corrected chi connectivity index (χ1v) is 13.1. The number of halogens is 3. The quantitative estimate of drug-likeness (QED) is 0.483. The molecule has 30 heavy (non-hydrogen) atoms. The van der Waals surface area contributed by atoms with Crippen LogP contribution in [0.1, 0.15) is 54.1 Å². The van der Waals surface area contributed by atoms with Gasteiger partial charge in [-0.05, 0) is 127 Å². The molecule has 1 aromatic carbocycles. The summed E-state index contributed by atoms with van der Waals surface area (Å²) in [7, 11) is 0. The van der Waals surface area contributed by atoms with Crippen LogP contribution in [-0.4, -0.2) is 36.1 Å². The van der Waals surface area contributed by atoms with E-state index in [1.54, 1.807) is 0 Å². The minimum absolute atomic E-state index is 0.200.